The summed E-state index contributed by atoms with van der Waals surface area (Å²) in [6.45, 7) is 2.33. The molecular weight excluding hydrogens is 282 g/mol. The first-order chi connectivity index (χ1) is 10.6. The summed E-state index contributed by atoms with van der Waals surface area (Å²) < 4.78 is 5.07. The first-order valence-electron chi connectivity index (χ1n) is 6.99. The number of benzene rings is 1. The summed E-state index contributed by atoms with van der Waals surface area (Å²) in [5.74, 6) is 0.348. The lowest BCUT2D eigenvalue weighted by atomic mass is 10.1. The summed E-state index contributed by atoms with van der Waals surface area (Å²) in [6, 6.07) is 9.40. The van der Waals surface area contributed by atoms with Gasteiger partial charge in [0.1, 0.15) is 17.4 Å². The molecule has 1 unspecified atom stereocenters. The van der Waals surface area contributed by atoms with Crippen molar-refractivity contribution in [1.29, 1.82) is 5.26 Å². The maximum absolute atomic E-state index is 11.8. The smallest absolute Gasteiger partial charge is 0.263 e. The van der Waals surface area contributed by atoms with Gasteiger partial charge in [-0.25, -0.2) is 0 Å². The molecule has 0 spiro atoms. The summed E-state index contributed by atoms with van der Waals surface area (Å²) >= 11 is 0. The number of rotatable bonds is 8. The summed E-state index contributed by atoms with van der Waals surface area (Å²) in [4.78, 5) is 11.8. The van der Waals surface area contributed by atoms with Crippen molar-refractivity contribution in [2.24, 2.45) is 0 Å². The Bertz CT molecular complexity index is 545. The van der Waals surface area contributed by atoms with Crippen LogP contribution in [0.4, 0.5) is 0 Å². The third kappa shape index (κ3) is 6.29. The van der Waals surface area contributed by atoms with Gasteiger partial charge in [-0.1, -0.05) is 12.1 Å². The predicted molar refractivity (Wildman–Crippen MR) is 83.1 cm³/mol. The molecule has 1 aromatic carbocycles. The van der Waals surface area contributed by atoms with E-state index in [0.29, 0.717) is 13.0 Å². The van der Waals surface area contributed by atoms with Crippen LogP contribution < -0.4 is 15.4 Å². The van der Waals surface area contributed by atoms with Crippen LogP contribution in [0.5, 0.6) is 5.75 Å². The van der Waals surface area contributed by atoms with Crippen molar-refractivity contribution in [3.8, 4) is 11.8 Å². The van der Waals surface area contributed by atoms with Gasteiger partial charge < -0.3 is 20.5 Å². The second-order valence-electron chi connectivity index (χ2n) is 4.78. The number of nitriles is 1. The van der Waals surface area contributed by atoms with E-state index in [-0.39, 0.29) is 12.1 Å². The Morgan fingerprint density at radius 2 is 2.14 bits per heavy atom. The molecule has 1 amide bonds. The normalized spacial score (nSPS) is 12.2. The molecule has 6 nitrogen and oxygen atoms in total. The van der Waals surface area contributed by atoms with E-state index in [1.807, 2.05) is 30.3 Å². The standard InChI is InChI=1S/C16H21N3O3/c1-12(20)10-18-11-14(9-17)16(21)19-8-7-13-3-5-15(22-2)6-4-13/h3-6,11-12,18,20H,7-8,10H2,1-2H3,(H,19,21)/b14-11-. The lowest BCUT2D eigenvalue weighted by Gasteiger charge is -2.07. The maximum Gasteiger partial charge on any atom is 0.263 e. The molecule has 0 aliphatic rings. The summed E-state index contributed by atoms with van der Waals surface area (Å²) in [5, 5.41) is 23.5. The van der Waals surface area contributed by atoms with E-state index >= 15 is 0 Å². The molecule has 3 N–H and O–H groups in total. The minimum atomic E-state index is -0.547. The van der Waals surface area contributed by atoms with Crippen molar-refractivity contribution < 1.29 is 14.6 Å². The molecule has 22 heavy (non-hydrogen) atoms. The molecule has 0 saturated carbocycles. The molecule has 0 aromatic heterocycles. The number of ether oxygens (including phenoxy) is 1. The summed E-state index contributed by atoms with van der Waals surface area (Å²) in [5.41, 5.74) is 1.05. The van der Waals surface area contributed by atoms with E-state index in [1.54, 1.807) is 14.0 Å². The van der Waals surface area contributed by atoms with Crippen LogP contribution in [0, 0.1) is 11.3 Å². The highest BCUT2D eigenvalue weighted by Crippen LogP contribution is 2.11. The Kier molecular flexibility index (Phi) is 7.51. The highest BCUT2D eigenvalue weighted by atomic mass is 16.5. The Morgan fingerprint density at radius 1 is 1.45 bits per heavy atom. The fourth-order valence-corrected chi connectivity index (χ4v) is 1.69. The van der Waals surface area contributed by atoms with Crippen LogP contribution in [0.1, 0.15) is 12.5 Å². The Hall–Kier alpha value is -2.52. The van der Waals surface area contributed by atoms with Gasteiger partial charge in [-0.15, -0.1) is 0 Å². The molecular formula is C16H21N3O3. The Morgan fingerprint density at radius 3 is 2.68 bits per heavy atom. The van der Waals surface area contributed by atoms with Crippen molar-refractivity contribution in [2.75, 3.05) is 20.2 Å². The predicted octanol–water partition coefficient (Wildman–Crippen LogP) is 0.732. The SMILES string of the molecule is COc1ccc(CCNC(=O)/C(C#N)=C\NCC(C)O)cc1. The van der Waals surface area contributed by atoms with Crippen molar-refractivity contribution in [2.45, 2.75) is 19.4 Å². The number of nitrogens with one attached hydrogen (secondary N) is 2. The molecule has 1 atom stereocenters. The van der Waals surface area contributed by atoms with Gasteiger partial charge in [-0.05, 0) is 31.0 Å². The number of carbonyl (C=O) groups excluding carboxylic acids is 1. The highest BCUT2D eigenvalue weighted by molar-refractivity contribution is 5.97. The average molecular weight is 303 g/mol. The van der Waals surface area contributed by atoms with Gasteiger partial charge >= 0.3 is 0 Å². The topological polar surface area (TPSA) is 94.4 Å². The molecule has 0 fully saturated rings. The molecule has 1 aromatic rings. The van der Waals surface area contributed by atoms with Gasteiger partial charge in [0.15, 0.2) is 0 Å². The lowest BCUT2D eigenvalue weighted by molar-refractivity contribution is -0.117. The Balaban J connectivity index is 2.41. The fraction of sp³-hybridized carbons (Fsp3) is 0.375. The van der Waals surface area contributed by atoms with E-state index in [9.17, 15) is 4.79 Å². The van der Waals surface area contributed by atoms with Crippen molar-refractivity contribution >= 4 is 5.91 Å². The minimum Gasteiger partial charge on any atom is -0.497 e. The van der Waals surface area contributed by atoms with Gasteiger partial charge in [0, 0.05) is 19.3 Å². The van der Waals surface area contributed by atoms with Gasteiger partial charge in [0.05, 0.1) is 13.2 Å². The van der Waals surface area contributed by atoms with Crippen LogP contribution in [0.2, 0.25) is 0 Å². The zero-order chi connectivity index (χ0) is 16.4. The number of aliphatic hydroxyl groups is 1. The monoisotopic (exact) mass is 303 g/mol. The van der Waals surface area contributed by atoms with Crippen molar-refractivity contribution in [3.05, 3.63) is 41.6 Å². The van der Waals surface area contributed by atoms with Crippen molar-refractivity contribution in [1.82, 2.24) is 10.6 Å². The second kappa shape index (κ2) is 9.42. The third-order valence-electron chi connectivity index (χ3n) is 2.88. The number of carbonyl (C=O) groups is 1. The van der Waals surface area contributed by atoms with E-state index in [0.717, 1.165) is 11.3 Å². The molecule has 118 valence electrons. The minimum absolute atomic E-state index is 0.0182. The highest BCUT2D eigenvalue weighted by Gasteiger charge is 2.08. The van der Waals surface area contributed by atoms with E-state index < -0.39 is 12.0 Å². The number of methoxy groups -OCH3 is 1. The average Bonchev–Trinajstić information content (AvgIpc) is 2.52. The summed E-state index contributed by atoms with van der Waals surface area (Å²) in [7, 11) is 1.61. The number of aliphatic hydroxyl groups excluding tert-OH is 1. The van der Waals surface area contributed by atoms with E-state index in [4.69, 9.17) is 15.1 Å². The van der Waals surface area contributed by atoms with Crippen LogP contribution in [0.15, 0.2) is 36.0 Å². The van der Waals surface area contributed by atoms with Crippen LogP contribution >= 0.6 is 0 Å². The molecule has 0 aliphatic heterocycles. The maximum atomic E-state index is 11.8. The van der Waals surface area contributed by atoms with E-state index in [1.165, 1.54) is 6.20 Å². The second-order valence-corrected chi connectivity index (χ2v) is 4.78. The molecule has 0 saturated heterocycles. The zero-order valence-corrected chi connectivity index (χ0v) is 12.8. The molecule has 0 bridgehead atoms. The third-order valence-corrected chi connectivity index (χ3v) is 2.88. The lowest BCUT2D eigenvalue weighted by Crippen LogP contribution is -2.28. The largest absolute Gasteiger partial charge is 0.497 e. The number of nitrogens with zero attached hydrogens (tertiary/aromatic N) is 1. The molecule has 0 heterocycles. The van der Waals surface area contributed by atoms with Gasteiger partial charge in [-0.2, -0.15) is 5.26 Å². The molecule has 6 heteroatoms. The zero-order valence-electron chi connectivity index (χ0n) is 12.8. The van der Waals surface area contributed by atoms with Gasteiger partial charge in [0.25, 0.3) is 5.91 Å². The van der Waals surface area contributed by atoms with Crippen LogP contribution in [0.3, 0.4) is 0 Å². The van der Waals surface area contributed by atoms with Crippen LogP contribution in [-0.2, 0) is 11.2 Å². The van der Waals surface area contributed by atoms with Crippen molar-refractivity contribution in [3.63, 3.8) is 0 Å². The van der Waals surface area contributed by atoms with Gasteiger partial charge in [0.2, 0.25) is 0 Å². The van der Waals surface area contributed by atoms with E-state index in [2.05, 4.69) is 10.6 Å². The number of hydrogen-bond acceptors (Lipinski definition) is 5. The Labute approximate surface area is 130 Å². The quantitative estimate of drug-likeness (QED) is 0.486. The molecule has 1 rings (SSSR count). The summed E-state index contributed by atoms with van der Waals surface area (Å²) in [6.07, 6.45) is 1.43. The number of hydrogen-bond donors (Lipinski definition) is 3. The van der Waals surface area contributed by atoms with Crippen LogP contribution in [0.25, 0.3) is 0 Å². The first kappa shape index (κ1) is 17.5. The first-order valence-corrected chi connectivity index (χ1v) is 6.99. The number of amides is 1. The van der Waals surface area contributed by atoms with Gasteiger partial charge in [-0.3, -0.25) is 4.79 Å². The fourth-order valence-electron chi connectivity index (χ4n) is 1.69. The molecule has 0 aliphatic carbocycles. The van der Waals surface area contributed by atoms with Crippen LogP contribution in [-0.4, -0.2) is 37.3 Å². The molecule has 0 radical (unpaired) electrons.